The molecule has 0 spiro atoms. The fourth-order valence-electron chi connectivity index (χ4n) is 1.58. The van der Waals surface area contributed by atoms with Gasteiger partial charge < -0.3 is 5.32 Å². The highest BCUT2D eigenvalue weighted by atomic mass is 32.1. The van der Waals surface area contributed by atoms with Gasteiger partial charge in [0.25, 0.3) is 0 Å². The maximum atomic E-state index is 13.6. The normalized spacial score (nSPS) is 13.5. The van der Waals surface area contributed by atoms with Gasteiger partial charge >= 0.3 is 6.18 Å². The summed E-state index contributed by atoms with van der Waals surface area (Å²) in [5.74, 6) is -0.580. The van der Waals surface area contributed by atoms with Crippen LogP contribution >= 0.6 is 11.3 Å². The van der Waals surface area contributed by atoms with Gasteiger partial charge in [-0.15, -0.1) is 11.3 Å². The Morgan fingerprint density at radius 1 is 1.32 bits per heavy atom. The summed E-state index contributed by atoms with van der Waals surface area (Å²) >= 11 is 0.471. The van der Waals surface area contributed by atoms with Crippen LogP contribution in [0.15, 0.2) is 24.5 Å². The van der Waals surface area contributed by atoms with E-state index in [0.29, 0.717) is 11.3 Å². The Morgan fingerprint density at radius 3 is 2.58 bits per heavy atom. The van der Waals surface area contributed by atoms with Crippen molar-refractivity contribution >= 4 is 11.3 Å². The number of pyridine rings is 1. The van der Waals surface area contributed by atoms with Crippen molar-refractivity contribution in [1.82, 2.24) is 15.3 Å². The highest BCUT2D eigenvalue weighted by Gasteiger charge is 2.35. The van der Waals surface area contributed by atoms with Crippen molar-refractivity contribution in [3.8, 4) is 0 Å². The Bertz CT molecular complexity index is 567. The number of alkyl halides is 3. The van der Waals surface area contributed by atoms with E-state index < -0.39 is 23.0 Å². The molecule has 0 amide bonds. The van der Waals surface area contributed by atoms with Gasteiger partial charge in [-0.25, -0.2) is 9.37 Å². The van der Waals surface area contributed by atoms with E-state index in [1.807, 2.05) is 0 Å². The van der Waals surface area contributed by atoms with Crippen LogP contribution in [0.3, 0.4) is 0 Å². The Hall–Kier alpha value is -1.54. The first-order valence-corrected chi connectivity index (χ1v) is 6.05. The smallest absolute Gasteiger partial charge is 0.307 e. The SMILES string of the molecule is CNC(c1cnc(C(F)(F)F)s1)c1ncccc1F. The summed E-state index contributed by atoms with van der Waals surface area (Å²) in [6.07, 6.45) is -2.03. The van der Waals surface area contributed by atoms with Crippen molar-refractivity contribution in [3.05, 3.63) is 45.9 Å². The summed E-state index contributed by atoms with van der Waals surface area (Å²) in [4.78, 5) is 7.43. The number of nitrogens with one attached hydrogen (secondary N) is 1. The van der Waals surface area contributed by atoms with Crippen LogP contribution in [0.4, 0.5) is 17.6 Å². The molecule has 0 saturated carbocycles. The summed E-state index contributed by atoms with van der Waals surface area (Å²) in [5.41, 5.74) is 0.0439. The summed E-state index contributed by atoms with van der Waals surface area (Å²) in [5, 5.41) is 1.78. The van der Waals surface area contributed by atoms with Gasteiger partial charge in [0, 0.05) is 17.3 Å². The molecule has 0 aliphatic carbocycles. The Labute approximate surface area is 110 Å². The van der Waals surface area contributed by atoms with Crippen LogP contribution in [-0.2, 0) is 6.18 Å². The van der Waals surface area contributed by atoms with Crippen LogP contribution in [0, 0.1) is 5.82 Å². The minimum atomic E-state index is -4.50. The zero-order valence-corrected chi connectivity index (χ0v) is 10.5. The van der Waals surface area contributed by atoms with Crippen molar-refractivity contribution in [1.29, 1.82) is 0 Å². The van der Waals surface area contributed by atoms with Crippen LogP contribution in [0.2, 0.25) is 0 Å². The standard InChI is InChI=1S/C11H9F4N3S/c1-16-9(8-6(12)3-2-4-17-8)7-5-18-10(19-7)11(13,14)15/h2-5,9,16H,1H3. The fraction of sp³-hybridized carbons (Fsp3) is 0.273. The molecule has 0 aromatic carbocycles. The second-order valence-electron chi connectivity index (χ2n) is 3.66. The van der Waals surface area contributed by atoms with Crippen molar-refractivity contribution in [2.75, 3.05) is 7.05 Å². The van der Waals surface area contributed by atoms with E-state index in [4.69, 9.17) is 0 Å². The van der Waals surface area contributed by atoms with E-state index in [1.54, 1.807) is 0 Å². The maximum Gasteiger partial charge on any atom is 0.443 e. The van der Waals surface area contributed by atoms with Gasteiger partial charge in [0.15, 0.2) is 5.01 Å². The predicted molar refractivity (Wildman–Crippen MR) is 62.2 cm³/mol. The minimum Gasteiger partial charge on any atom is -0.307 e. The molecule has 2 heterocycles. The maximum absolute atomic E-state index is 13.6. The third-order valence-electron chi connectivity index (χ3n) is 2.40. The molecule has 1 unspecified atom stereocenters. The van der Waals surface area contributed by atoms with Crippen molar-refractivity contribution < 1.29 is 17.6 Å². The molecular weight excluding hydrogens is 282 g/mol. The van der Waals surface area contributed by atoms with E-state index >= 15 is 0 Å². The minimum absolute atomic E-state index is 0.0439. The molecule has 0 aliphatic rings. The van der Waals surface area contributed by atoms with Gasteiger partial charge in [-0.3, -0.25) is 4.98 Å². The first kappa shape index (κ1) is 13.9. The van der Waals surface area contributed by atoms with Crippen LogP contribution in [0.5, 0.6) is 0 Å². The lowest BCUT2D eigenvalue weighted by molar-refractivity contribution is -0.137. The van der Waals surface area contributed by atoms with Crippen LogP contribution in [-0.4, -0.2) is 17.0 Å². The van der Waals surface area contributed by atoms with Gasteiger partial charge in [-0.2, -0.15) is 13.2 Å². The van der Waals surface area contributed by atoms with Gasteiger partial charge in [0.2, 0.25) is 0 Å². The zero-order chi connectivity index (χ0) is 14.0. The highest BCUT2D eigenvalue weighted by Crippen LogP contribution is 2.35. The first-order valence-electron chi connectivity index (χ1n) is 5.24. The van der Waals surface area contributed by atoms with E-state index in [0.717, 1.165) is 6.20 Å². The number of rotatable bonds is 3. The van der Waals surface area contributed by atoms with E-state index in [2.05, 4.69) is 15.3 Å². The largest absolute Gasteiger partial charge is 0.443 e. The van der Waals surface area contributed by atoms with Crippen molar-refractivity contribution in [2.24, 2.45) is 0 Å². The lowest BCUT2D eigenvalue weighted by Gasteiger charge is -2.13. The molecule has 1 N–H and O–H groups in total. The van der Waals surface area contributed by atoms with Crippen LogP contribution < -0.4 is 5.32 Å². The topological polar surface area (TPSA) is 37.8 Å². The van der Waals surface area contributed by atoms with Gasteiger partial charge in [0.1, 0.15) is 5.82 Å². The molecular formula is C11H9F4N3S. The molecule has 2 aromatic heterocycles. The number of hydrogen-bond acceptors (Lipinski definition) is 4. The molecule has 0 bridgehead atoms. The van der Waals surface area contributed by atoms with Gasteiger partial charge in [-0.1, -0.05) is 0 Å². The average Bonchev–Trinajstić information content (AvgIpc) is 2.82. The number of halogens is 4. The van der Waals surface area contributed by atoms with E-state index in [1.165, 1.54) is 25.4 Å². The summed E-state index contributed by atoms with van der Waals surface area (Å²) in [6.45, 7) is 0. The third kappa shape index (κ3) is 2.90. The predicted octanol–water partition coefficient (Wildman–Crippen LogP) is 3.00. The fourth-order valence-corrected chi connectivity index (χ4v) is 2.47. The quantitative estimate of drug-likeness (QED) is 0.883. The molecule has 0 saturated heterocycles. The molecule has 102 valence electrons. The first-order chi connectivity index (χ1) is 8.93. The van der Waals surface area contributed by atoms with Gasteiger partial charge in [-0.05, 0) is 19.2 Å². The molecule has 1 atom stereocenters. The van der Waals surface area contributed by atoms with Gasteiger partial charge in [0.05, 0.1) is 11.7 Å². The Morgan fingerprint density at radius 2 is 2.05 bits per heavy atom. The lowest BCUT2D eigenvalue weighted by atomic mass is 10.1. The van der Waals surface area contributed by atoms with Crippen LogP contribution in [0.25, 0.3) is 0 Å². The second kappa shape index (κ2) is 5.22. The molecule has 0 aliphatic heterocycles. The van der Waals surface area contributed by atoms with E-state index in [9.17, 15) is 17.6 Å². The molecule has 3 nitrogen and oxygen atoms in total. The number of aromatic nitrogens is 2. The molecule has 2 aromatic rings. The number of hydrogen-bond donors (Lipinski definition) is 1. The lowest BCUT2D eigenvalue weighted by Crippen LogP contribution is -2.19. The second-order valence-corrected chi connectivity index (χ2v) is 4.72. The number of nitrogens with zero attached hydrogens (tertiary/aromatic N) is 2. The van der Waals surface area contributed by atoms with E-state index in [-0.39, 0.29) is 10.6 Å². The molecule has 0 fully saturated rings. The molecule has 19 heavy (non-hydrogen) atoms. The molecule has 0 radical (unpaired) electrons. The average molecular weight is 291 g/mol. The molecule has 8 heteroatoms. The van der Waals surface area contributed by atoms with Crippen molar-refractivity contribution in [2.45, 2.75) is 12.2 Å². The van der Waals surface area contributed by atoms with Crippen molar-refractivity contribution in [3.63, 3.8) is 0 Å². The zero-order valence-electron chi connectivity index (χ0n) is 9.70. The number of thiazole rings is 1. The molecule has 2 rings (SSSR count). The summed E-state index contributed by atoms with van der Waals surface area (Å²) in [7, 11) is 1.52. The highest BCUT2D eigenvalue weighted by molar-refractivity contribution is 7.11. The Kier molecular flexibility index (Phi) is 3.81. The summed E-state index contributed by atoms with van der Waals surface area (Å²) in [6, 6.07) is 1.87. The third-order valence-corrected chi connectivity index (χ3v) is 3.51. The van der Waals surface area contributed by atoms with Crippen LogP contribution in [0.1, 0.15) is 21.6 Å². The monoisotopic (exact) mass is 291 g/mol. The Balaban J connectivity index is 2.38. The summed E-state index contributed by atoms with van der Waals surface area (Å²) < 4.78 is 51.1.